The van der Waals surface area contributed by atoms with Crippen molar-refractivity contribution in [2.75, 3.05) is 86.7 Å². The maximum Gasteiger partial charge on any atom is 0.173 e. The van der Waals surface area contributed by atoms with E-state index in [1.165, 1.54) is 84.8 Å². The number of unbranched alkanes of at least 4 members (excludes halogenated alkanes) is 9. The molecule has 0 aromatic heterocycles. The maximum atomic E-state index is 10.5. The van der Waals surface area contributed by atoms with Crippen LogP contribution >= 0.6 is 0 Å². The fraction of sp³-hybridized carbons (Fsp3) is 0.967. The third-order valence-corrected chi connectivity index (χ3v) is 28.7. The molecule has 19 heteroatoms. The second-order valence-corrected chi connectivity index (χ2v) is 43.1. The van der Waals surface area contributed by atoms with Crippen molar-refractivity contribution in [2.24, 2.45) is 5.92 Å². The Bertz CT molecular complexity index is 1340. The van der Waals surface area contributed by atoms with Crippen LogP contribution in [0.3, 0.4) is 0 Å². The SMILES string of the molecule is C=C(CCCCCCCCC(C)C)OOC.CCCCCCCN(CC)CC(O)COCCC[Si](C)(C)O[Si](C)(C)CCCOCC(O)CCCC(O)COCCC[Si](C)(C)O[Si](C)(C)CCCOCC(O)CC.COOC(C)C. The molecular weight excluding hydrogens is 1080 g/mol. The molecule has 4 unspecified atom stereocenters. The molecule has 4 atom stereocenters. The molecule has 0 bridgehead atoms. The lowest BCUT2D eigenvalue weighted by atomic mass is 10.0. The van der Waals surface area contributed by atoms with E-state index in [2.05, 4.69) is 106 Å². The minimum Gasteiger partial charge on any atom is -0.455 e. The first-order chi connectivity index (χ1) is 37.7. The fourth-order valence-corrected chi connectivity index (χ4v) is 27.0. The highest BCUT2D eigenvalue weighted by Gasteiger charge is 2.33. The van der Waals surface area contributed by atoms with Gasteiger partial charge in [-0.05, 0) is 174 Å². The van der Waals surface area contributed by atoms with E-state index in [1.807, 2.05) is 20.8 Å². The molecule has 4 N–H and O–H groups in total. The van der Waals surface area contributed by atoms with Crippen LogP contribution in [0.5, 0.6) is 0 Å². The lowest BCUT2D eigenvalue weighted by Crippen LogP contribution is -2.44. The summed E-state index contributed by atoms with van der Waals surface area (Å²) in [5, 5.41) is 41.0. The summed E-state index contributed by atoms with van der Waals surface area (Å²) in [6.45, 7) is 43.6. The third-order valence-electron chi connectivity index (χ3n) is 13.6. The smallest absolute Gasteiger partial charge is 0.173 e. The minimum atomic E-state index is -1.84. The first-order valence-electron chi connectivity index (χ1n) is 31.9. The van der Waals surface area contributed by atoms with Gasteiger partial charge in [0.1, 0.15) is 5.76 Å². The molecule has 0 radical (unpaired) electrons. The molecule has 80 heavy (non-hydrogen) atoms. The molecule has 0 fully saturated rings. The summed E-state index contributed by atoms with van der Waals surface area (Å²) in [6, 6.07) is 4.14. The van der Waals surface area contributed by atoms with Gasteiger partial charge in [-0.15, -0.1) is 0 Å². The van der Waals surface area contributed by atoms with Crippen LogP contribution in [-0.2, 0) is 46.7 Å². The van der Waals surface area contributed by atoms with Gasteiger partial charge in [0.25, 0.3) is 0 Å². The Morgan fingerprint density at radius 3 is 1.24 bits per heavy atom. The van der Waals surface area contributed by atoms with Crippen LogP contribution in [-0.4, -0.2) is 176 Å². The minimum absolute atomic E-state index is 0.176. The first kappa shape index (κ1) is 84.1. The quantitative estimate of drug-likeness (QED) is 0.0149. The van der Waals surface area contributed by atoms with Gasteiger partial charge >= 0.3 is 0 Å². The number of aliphatic hydroxyl groups excluding tert-OH is 4. The van der Waals surface area contributed by atoms with Crippen molar-refractivity contribution in [1.29, 1.82) is 0 Å². The monoisotopic (exact) mass is 1220 g/mol. The molecule has 0 aliphatic heterocycles. The summed E-state index contributed by atoms with van der Waals surface area (Å²) in [4.78, 5) is 20.5. The number of ether oxygens (including phenoxy) is 4. The summed E-state index contributed by atoms with van der Waals surface area (Å²) in [5.41, 5.74) is 0. The Labute approximate surface area is 498 Å². The predicted octanol–water partition coefficient (Wildman–Crippen LogP) is 14.6. The molecule has 0 amide bonds. The van der Waals surface area contributed by atoms with E-state index < -0.39 is 51.6 Å². The molecular formula is C61H135NO14Si4. The molecule has 15 nitrogen and oxygen atoms in total. The number of rotatable bonds is 55. The van der Waals surface area contributed by atoms with Gasteiger partial charge in [-0.25, -0.2) is 9.78 Å². The second-order valence-electron chi connectivity index (χ2n) is 25.4. The normalized spacial score (nSPS) is 14.0. The number of aliphatic hydroxyl groups is 4. The Morgan fingerprint density at radius 2 is 0.863 bits per heavy atom. The standard InChI is InChI=1S/C43H97NO10Si4.C14H28O2.C4H10O2/c1-12-15-16-17-18-26-44(14-3)35-43(48)39-52-30-23-34-58(10,11)54-57(8,9)33-22-29-51-38-42(47)25-19-24-41(46)37-50-28-21-32-56(6,7)53-55(4,5)31-20-27-49-36-40(45)13-2;1-13(2)11-9-7-5-6-8-10-12-14(3)16-15-4;1-4(2)6-5-3/h40-43,45-48H,12-39H2,1-11H3;13H,3,5-12H2,1-2,4H3;4H,1-3H3. The van der Waals surface area contributed by atoms with Crippen molar-refractivity contribution in [3.8, 4) is 0 Å². The predicted molar refractivity (Wildman–Crippen MR) is 344 cm³/mol. The summed E-state index contributed by atoms with van der Waals surface area (Å²) in [5.74, 6) is 1.59. The zero-order chi connectivity index (χ0) is 61.1. The maximum absolute atomic E-state index is 10.5. The van der Waals surface area contributed by atoms with Crippen molar-refractivity contribution in [3.05, 3.63) is 12.3 Å². The molecule has 0 saturated carbocycles. The highest BCUT2D eigenvalue weighted by Crippen LogP contribution is 2.26. The van der Waals surface area contributed by atoms with Gasteiger partial charge in [0.05, 0.1) is 71.2 Å². The van der Waals surface area contributed by atoms with Crippen molar-refractivity contribution in [3.63, 3.8) is 0 Å². The summed E-state index contributed by atoms with van der Waals surface area (Å²) >= 11 is 0. The number of nitrogens with zero attached hydrogens (tertiary/aromatic N) is 1. The van der Waals surface area contributed by atoms with Crippen LogP contribution in [0.4, 0.5) is 0 Å². The van der Waals surface area contributed by atoms with Gasteiger partial charge in [-0.1, -0.05) is 105 Å². The van der Waals surface area contributed by atoms with Crippen LogP contribution in [0.2, 0.25) is 76.6 Å². The fourth-order valence-electron chi connectivity index (χ4n) is 9.45. The third kappa shape index (κ3) is 62.4. The molecule has 0 aromatic carbocycles. The largest absolute Gasteiger partial charge is 0.455 e. The van der Waals surface area contributed by atoms with E-state index in [-0.39, 0.29) is 12.2 Å². The van der Waals surface area contributed by atoms with Crippen LogP contribution in [0.15, 0.2) is 12.3 Å². The van der Waals surface area contributed by atoms with Crippen molar-refractivity contribution < 1.29 is 67.2 Å². The molecule has 0 heterocycles. The zero-order valence-electron chi connectivity index (χ0n) is 55.4. The average molecular weight is 1220 g/mol. The Hall–Kier alpha value is -0.152. The first-order valence-corrected chi connectivity index (χ1v) is 44.4. The van der Waals surface area contributed by atoms with E-state index in [4.69, 9.17) is 32.1 Å². The molecule has 0 spiro atoms. The van der Waals surface area contributed by atoms with Crippen molar-refractivity contribution in [1.82, 2.24) is 4.90 Å². The highest BCUT2D eigenvalue weighted by atomic mass is 28.4. The molecule has 484 valence electrons. The summed E-state index contributed by atoms with van der Waals surface area (Å²) in [7, 11) is -4.26. The Balaban J connectivity index is -0.00000223. The van der Waals surface area contributed by atoms with E-state index in [9.17, 15) is 20.4 Å². The van der Waals surface area contributed by atoms with Gasteiger partial charge in [-0.2, -0.15) is 4.89 Å². The van der Waals surface area contributed by atoms with Gasteiger partial charge in [-0.3, -0.25) is 0 Å². The van der Waals surface area contributed by atoms with E-state index in [0.29, 0.717) is 72.2 Å². The van der Waals surface area contributed by atoms with Gasteiger partial charge in [0, 0.05) is 39.4 Å². The topological polar surface area (TPSA) is 176 Å². The number of hydrogen-bond acceptors (Lipinski definition) is 15. The second kappa shape index (κ2) is 54.3. The molecule has 0 aromatic rings. The molecule has 0 aliphatic carbocycles. The van der Waals surface area contributed by atoms with Crippen molar-refractivity contribution in [2.45, 2.75) is 290 Å². The Kier molecular flexibility index (Phi) is 57.0. The van der Waals surface area contributed by atoms with Crippen LogP contribution in [0.1, 0.15) is 183 Å². The molecule has 0 saturated heterocycles. The average Bonchev–Trinajstić information content (AvgIpc) is 3.35. The van der Waals surface area contributed by atoms with Gasteiger partial charge < -0.3 is 57.4 Å². The summed E-state index contributed by atoms with van der Waals surface area (Å²) in [6.07, 6.45) is 21.3. The lowest BCUT2D eigenvalue weighted by Gasteiger charge is -2.34. The van der Waals surface area contributed by atoms with Gasteiger partial charge in [0.2, 0.25) is 0 Å². The van der Waals surface area contributed by atoms with Crippen LogP contribution in [0.25, 0.3) is 0 Å². The zero-order valence-corrected chi connectivity index (χ0v) is 59.4. The number of hydrogen-bond donors (Lipinski definition) is 4. The van der Waals surface area contributed by atoms with Gasteiger partial charge in [0.15, 0.2) is 33.3 Å². The van der Waals surface area contributed by atoms with Crippen LogP contribution in [0, 0.1) is 5.92 Å². The van der Waals surface area contributed by atoms with E-state index >= 15 is 0 Å². The van der Waals surface area contributed by atoms with Crippen LogP contribution < -0.4 is 0 Å². The van der Waals surface area contributed by atoms with E-state index in [1.54, 1.807) is 0 Å². The molecule has 0 aliphatic rings. The highest BCUT2D eigenvalue weighted by molar-refractivity contribution is 6.85. The van der Waals surface area contributed by atoms with Crippen molar-refractivity contribution >= 4 is 33.3 Å². The summed E-state index contributed by atoms with van der Waals surface area (Å²) < 4.78 is 36.6. The molecule has 0 rings (SSSR count). The Morgan fingerprint density at radius 1 is 0.463 bits per heavy atom. The van der Waals surface area contributed by atoms with E-state index in [0.717, 1.165) is 100 Å². The number of allylic oxidation sites excluding steroid dienone is 1. The number of likely N-dealkylation sites (N-methyl/N-ethyl adjacent to an activating group) is 1. The lowest BCUT2D eigenvalue weighted by molar-refractivity contribution is -0.296.